The van der Waals surface area contributed by atoms with Crippen molar-refractivity contribution in [1.29, 1.82) is 0 Å². The van der Waals surface area contributed by atoms with Crippen molar-refractivity contribution in [2.24, 2.45) is 11.7 Å². The van der Waals surface area contributed by atoms with E-state index >= 15 is 0 Å². The van der Waals surface area contributed by atoms with Crippen molar-refractivity contribution >= 4 is 17.2 Å². The summed E-state index contributed by atoms with van der Waals surface area (Å²) in [6, 6.07) is 5.83. The standard InChI is InChI=1S/C12H17NOS/c1-8(2)7-14-11-9(3)5-4-6-10(11)12(13)15/h4-6,8H,7H2,1-3H3,(H2,13,15). The van der Waals surface area contributed by atoms with Gasteiger partial charge in [-0.1, -0.05) is 38.2 Å². The van der Waals surface area contributed by atoms with Gasteiger partial charge in [-0.25, -0.2) is 0 Å². The third kappa shape index (κ3) is 3.20. The van der Waals surface area contributed by atoms with Crippen molar-refractivity contribution in [3.05, 3.63) is 29.3 Å². The molecule has 1 aromatic rings. The number of hydrogen-bond donors (Lipinski definition) is 1. The van der Waals surface area contributed by atoms with Gasteiger partial charge in [0.15, 0.2) is 0 Å². The zero-order chi connectivity index (χ0) is 11.4. The van der Waals surface area contributed by atoms with Crippen LogP contribution in [0.5, 0.6) is 5.75 Å². The van der Waals surface area contributed by atoms with E-state index in [2.05, 4.69) is 13.8 Å². The average Bonchev–Trinajstić information content (AvgIpc) is 2.15. The molecular formula is C12H17NOS. The molecule has 0 aliphatic rings. The predicted octanol–water partition coefficient (Wildman–Crippen LogP) is 2.66. The molecule has 0 saturated heterocycles. The fraction of sp³-hybridized carbons (Fsp3) is 0.417. The summed E-state index contributed by atoms with van der Waals surface area (Å²) in [6.07, 6.45) is 0. The van der Waals surface area contributed by atoms with Crippen molar-refractivity contribution in [3.63, 3.8) is 0 Å². The lowest BCUT2D eigenvalue weighted by Gasteiger charge is -2.14. The Morgan fingerprint density at radius 1 is 1.47 bits per heavy atom. The largest absolute Gasteiger partial charge is 0.492 e. The van der Waals surface area contributed by atoms with Crippen LogP contribution >= 0.6 is 12.2 Å². The molecule has 3 heteroatoms. The summed E-state index contributed by atoms with van der Waals surface area (Å²) in [5, 5.41) is 0. The third-order valence-electron chi connectivity index (χ3n) is 2.04. The summed E-state index contributed by atoms with van der Waals surface area (Å²) in [5.41, 5.74) is 7.54. The van der Waals surface area contributed by atoms with Gasteiger partial charge in [-0.3, -0.25) is 0 Å². The Labute approximate surface area is 96.4 Å². The van der Waals surface area contributed by atoms with E-state index in [-0.39, 0.29) is 0 Å². The number of ether oxygens (including phenoxy) is 1. The minimum atomic E-state index is 0.387. The lowest BCUT2D eigenvalue weighted by molar-refractivity contribution is 0.269. The molecule has 0 aliphatic carbocycles. The molecule has 0 aliphatic heterocycles. The molecule has 0 aromatic heterocycles. The van der Waals surface area contributed by atoms with Crippen molar-refractivity contribution in [2.45, 2.75) is 20.8 Å². The van der Waals surface area contributed by atoms with Crippen LogP contribution in [0.15, 0.2) is 18.2 Å². The van der Waals surface area contributed by atoms with Crippen LogP contribution in [0.3, 0.4) is 0 Å². The first-order valence-electron chi connectivity index (χ1n) is 5.04. The van der Waals surface area contributed by atoms with Gasteiger partial charge in [0.25, 0.3) is 0 Å². The summed E-state index contributed by atoms with van der Waals surface area (Å²) >= 11 is 4.99. The van der Waals surface area contributed by atoms with Crippen LogP contribution in [0.4, 0.5) is 0 Å². The molecule has 0 heterocycles. The van der Waals surface area contributed by atoms with E-state index in [1.165, 1.54) is 0 Å². The molecular weight excluding hydrogens is 206 g/mol. The van der Waals surface area contributed by atoms with Gasteiger partial charge in [-0.05, 0) is 24.5 Å². The van der Waals surface area contributed by atoms with Gasteiger partial charge in [0.1, 0.15) is 10.7 Å². The Morgan fingerprint density at radius 3 is 2.67 bits per heavy atom. The maximum Gasteiger partial charge on any atom is 0.132 e. The topological polar surface area (TPSA) is 35.2 Å². The number of rotatable bonds is 4. The lowest BCUT2D eigenvalue weighted by Crippen LogP contribution is -2.14. The Hall–Kier alpha value is -1.09. The molecule has 15 heavy (non-hydrogen) atoms. The minimum Gasteiger partial charge on any atom is -0.492 e. The highest BCUT2D eigenvalue weighted by atomic mass is 32.1. The van der Waals surface area contributed by atoms with E-state index in [0.717, 1.165) is 16.9 Å². The van der Waals surface area contributed by atoms with Gasteiger partial charge < -0.3 is 10.5 Å². The van der Waals surface area contributed by atoms with Crippen molar-refractivity contribution < 1.29 is 4.74 Å². The molecule has 0 fully saturated rings. The number of thiocarbonyl (C=S) groups is 1. The summed E-state index contributed by atoms with van der Waals surface area (Å²) in [6.45, 7) is 6.90. The SMILES string of the molecule is Cc1cccc(C(N)=S)c1OCC(C)C. The monoisotopic (exact) mass is 223 g/mol. The second-order valence-corrected chi connectivity index (χ2v) is 4.46. The lowest BCUT2D eigenvalue weighted by atomic mass is 10.1. The van der Waals surface area contributed by atoms with E-state index in [0.29, 0.717) is 17.5 Å². The molecule has 2 nitrogen and oxygen atoms in total. The Kier molecular flexibility index (Phi) is 4.09. The first kappa shape index (κ1) is 12.0. The average molecular weight is 223 g/mol. The normalized spacial score (nSPS) is 10.4. The first-order valence-corrected chi connectivity index (χ1v) is 5.45. The Bertz CT molecular complexity index is 361. The summed E-state index contributed by atoms with van der Waals surface area (Å²) in [4.78, 5) is 0.387. The molecule has 0 radical (unpaired) electrons. The molecule has 82 valence electrons. The highest BCUT2D eigenvalue weighted by Gasteiger charge is 2.09. The third-order valence-corrected chi connectivity index (χ3v) is 2.26. The van der Waals surface area contributed by atoms with Gasteiger partial charge in [-0.15, -0.1) is 0 Å². The van der Waals surface area contributed by atoms with Gasteiger partial charge in [-0.2, -0.15) is 0 Å². The van der Waals surface area contributed by atoms with Gasteiger partial charge in [0.2, 0.25) is 0 Å². The van der Waals surface area contributed by atoms with E-state index in [1.54, 1.807) is 0 Å². The number of benzene rings is 1. The second kappa shape index (κ2) is 5.12. The molecule has 2 N–H and O–H groups in total. The van der Waals surface area contributed by atoms with Crippen LogP contribution < -0.4 is 10.5 Å². The second-order valence-electron chi connectivity index (χ2n) is 4.02. The molecule has 0 atom stereocenters. The van der Waals surface area contributed by atoms with Crippen LogP contribution in [0.25, 0.3) is 0 Å². The zero-order valence-corrected chi connectivity index (χ0v) is 10.2. The van der Waals surface area contributed by atoms with Crippen molar-refractivity contribution in [1.82, 2.24) is 0 Å². The highest BCUT2D eigenvalue weighted by molar-refractivity contribution is 7.80. The van der Waals surface area contributed by atoms with Crippen LogP contribution in [0.2, 0.25) is 0 Å². The molecule has 1 rings (SSSR count). The molecule has 0 bridgehead atoms. The summed E-state index contributed by atoms with van der Waals surface area (Å²) in [7, 11) is 0. The van der Waals surface area contributed by atoms with E-state index in [9.17, 15) is 0 Å². The molecule has 0 saturated carbocycles. The van der Waals surface area contributed by atoms with Gasteiger partial charge in [0.05, 0.1) is 12.2 Å². The van der Waals surface area contributed by atoms with E-state index < -0.39 is 0 Å². The number of aryl methyl sites for hydroxylation is 1. The van der Waals surface area contributed by atoms with E-state index in [4.69, 9.17) is 22.7 Å². The number of nitrogens with two attached hydrogens (primary N) is 1. The van der Waals surface area contributed by atoms with Crippen molar-refractivity contribution in [2.75, 3.05) is 6.61 Å². The van der Waals surface area contributed by atoms with E-state index in [1.807, 2.05) is 25.1 Å². The van der Waals surface area contributed by atoms with Crippen LogP contribution in [-0.4, -0.2) is 11.6 Å². The molecule has 0 amide bonds. The van der Waals surface area contributed by atoms with Crippen molar-refractivity contribution in [3.8, 4) is 5.75 Å². The maximum absolute atomic E-state index is 5.72. The highest BCUT2D eigenvalue weighted by Crippen LogP contribution is 2.23. The van der Waals surface area contributed by atoms with Gasteiger partial charge >= 0.3 is 0 Å². The van der Waals surface area contributed by atoms with Crippen LogP contribution in [0.1, 0.15) is 25.0 Å². The van der Waals surface area contributed by atoms with Gasteiger partial charge in [0, 0.05) is 0 Å². The quantitative estimate of drug-likeness (QED) is 0.797. The summed E-state index contributed by atoms with van der Waals surface area (Å²) < 4.78 is 5.72. The summed E-state index contributed by atoms with van der Waals surface area (Å²) in [5.74, 6) is 1.31. The van der Waals surface area contributed by atoms with Crippen LogP contribution in [0, 0.1) is 12.8 Å². The zero-order valence-electron chi connectivity index (χ0n) is 9.41. The maximum atomic E-state index is 5.72. The predicted molar refractivity (Wildman–Crippen MR) is 67.4 cm³/mol. The fourth-order valence-electron chi connectivity index (χ4n) is 1.29. The van der Waals surface area contributed by atoms with Crippen LogP contribution in [-0.2, 0) is 0 Å². The Balaban J connectivity index is 2.97. The minimum absolute atomic E-state index is 0.387. The number of hydrogen-bond acceptors (Lipinski definition) is 2. The first-order chi connectivity index (χ1) is 7.02. The Morgan fingerprint density at radius 2 is 2.13 bits per heavy atom. The fourth-order valence-corrected chi connectivity index (χ4v) is 1.45. The molecule has 0 unspecified atom stereocenters. The molecule has 0 spiro atoms. The molecule has 1 aromatic carbocycles. The number of para-hydroxylation sites is 1. The smallest absolute Gasteiger partial charge is 0.132 e.